The zero-order chi connectivity index (χ0) is 14.9. The average molecular weight is 341 g/mol. The lowest BCUT2D eigenvalue weighted by Crippen LogP contribution is -2.25. The van der Waals surface area contributed by atoms with Gasteiger partial charge in [-0.15, -0.1) is 11.3 Å². The van der Waals surface area contributed by atoms with E-state index < -0.39 is 10.0 Å². The number of aromatic amines is 1. The minimum absolute atomic E-state index is 0.242. The maximum absolute atomic E-state index is 12.1. The molecule has 0 fully saturated rings. The summed E-state index contributed by atoms with van der Waals surface area (Å²) in [6, 6.07) is 11.1. The summed E-state index contributed by atoms with van der Waals surface area (Å²) in [6.45, 7) is 0.347. The summed E-state index contributed by atoms with van der Waals surface area (Å²) in [5, 5.41) is 1.12. The zero-order valence-corrected chi connectivity index (χ0v) is 13.4. The van der Waals surface area contributed by atoms with Crippen LogP contribution in [0.5, 0.6) is 0 Å². The first-order valence-corrected chi connectivity index (χ1v) is 9.04. The first-order chi connectivity index (χ1) is 10.1. The second-order valence-corrected chi connectivity index (χ2v) is 8.27. The third-order valence-electron chi connectivity index (χ3n) is 3.17. The van der Waals surface area contributed by atoms with Crippen molar-refractivity contribution in [1.82, 2.24) is 9.71 Å². The third kappa shape index (κ3) is 3.13. The van der Waals surface area contributed by atoms with E-state index in [0.29, 0.717) is 17.3 Å². The van der Waals surface area contributed by atoms with Crippen molar-refractivity contribution in [3.63, 3.8) is 0 Å². The second-order valence-electron chi connectivity index (χ2n) is 4.57. The third-order valence-corrected chi connectivity index (χ3v) is 6.36. The molecule has 0 aliphatic rings. The van der Waals surface area contributed by atoms with Gasteiger partial charge < -0.3 is 4.98 Å². The molecule has 0 aliphatic carbocycles. The Labute approximate surface area is 131 Å². The zero-order valence-electron chi connectivity index (χ0n) is 11.0. The molecule has 0 unspecified atom stereocenters. The van der Waals surface area contributed by atoms with E-state index in [9.17, 15) is 8.42 Å². The fraction of sp³-hybridized carbons (Fsp3) is 0.143. The van der Waals surface area contributed by atoms with Gasteiger partial charge in [0.2, 0.25) is 10.0 Å². The summed E-state index contributed by atoms with van der Waals surface area (Å²) in [6.07, 6.45) is 2.54. The second kappa shape index (κ2) is 5.81. The van der Waals surface area contributed by atoms with E-state index in [1.165, 1.54) is 6.07 Å². The van der Waals surface area contributed by atoms with Gasteiger partial charge in [0, 0.05) is 23.6 Å². The van der Waals surface area contributed by atoms with Crippen LogP contribution in [-0.2, 0) is 16.4 Å². The van der Waals surface area contributed by atoms with Gasteiger partial charge in [0.1, 0.15) is 4.21 Å². The number of sulfonamides is 1. The number of para-hydroxylation sites is 1. The van der Waals surface area contributed by atoms with Crippen LogP contribution >= 0.6 is 22.9 Å². The molecular formula is C14H13ClN2O2S2. The van der Waals surface area contributed by atoms with Crippen LogP contribution in [0.15, 0.2) is 46.8 Å². The molecule has 3 rings (SSSR count). The standard InChI is InChI=1S/C14H13ClN2O2S2/c15-13-5-6-14(20-13)21(18,19)17-8-7-10-9-16-12-4-2-1-3-11(10)12/h1-6,9,16-17H,7-8H2. The van der Waals surface area contributed by atoms with Crippen molar-refractivity contribution in [2.24, 2.45) is 0 Å². The number of rotatable bonds is 5. The summed E-state index contributed by atoms with van der Waals surface area (Å²) < 4.78 is 27.4. The lowest BCUT2D eigenvalue weighted by Gasteiger charge is -2.04. The molecule has 0 radical (unpaired) electrons. The Bertz CT molecular complexity index is 868. The molecule has 0 spiro atoms. The molecule has 0 saturated carbocycles. The quantitative estimate of drug-likeness (QED) is 0.747. The van der Waals surface area contributed by atoms with E-state index in [2.05, 4.69) is 9.71 Å². The molecular weight excluding hydrogens is 328 g/mol. The highest BCUT2D eigenvalue weighted by Gasteiger charge is 2.16. The first-order valence-electron chi connectivity index (χ1n) is 6.36. The Hall–Kier alpha value is -1.34. The van der Waals surface area contributed by atoms with Gasteiger partial charge in [0.05, 0.1) is 4.34 Å². The molecule has 7 heteroatoms. The highest BCUT2D eigenvalue weighted by atomic mass is 35.5. The summed E-state index contributed by atoms with van der Waals surface area (Å²) in [4.78, 5) is 3.18. The number of aromatic nitrogens is 1. The Balaban J connectivity index is 1.69. The lowest BCUT2D eigenvalue weighted by atomic mass is 10.1. The number of halogens is 1. The van der Waals surface area contributed by atoms with Gasteiger partial charge >= 0.3 is 0 Å². The molecule has 2 N–H and O–H groups in total. The summed E-state index contributed by atoms with van der Waals surface area (Å²) in [5.74, 6) is 0. The molecule has 0 atom stereocenters. The van der Waals surface area contributed by atoms with Crippen molar-refractivity contribution in [1.29, 1.82) is 0 Å². The number of nitrogens with one attached hydrogen (secondary N) is 2. The number of benzene rings is 1. The fourth-order valence-corrected chi connectivity index (χ4v) is 4.73. The number of thiophene rings is 1. The van der Waals surface area contributed by atoms with E-state index in [0.717, 1.165) is 27.8 Å². The number of H-pyrrole nitrogens is 1. The van der Waals surface area contributed by atoms with Crippen molar-refractivity contribution in [2.75, 3.05) is 6.54 Å². The largest absolute Gasteiger partial charge is 0.361 e. The van der Waals surface area contributed by atoms with Gasteiger partial charge in [-0.2, -0.15) is 0 Å². The van der Waals surface area contributed by atoms with Crippen LogP contribution in [0.2, 0.25) is 4.34 Å². The Morgan fingerprint density at radius 2 is 2.00 bits per heavy atom. The number of hydrogen-bond acceptors (Lipinski definition) is 3. The van der Waals surface area contributed by atoms with Crippen LogP contribution in [0.1, 0.15) is 5.56 Å². The van der Waals surface area contributed by atoms with Gasteiger partial charge in [-0.3, -0.25) is 0 Å². The Kier molecular flexibility index (Phi) is 4.03. The van der Waals surface area contributed by atoms with Crippen LogP contribution in [0, 0.1) is 0 Å². The van der Waals surface area contributed by atoms with Crippen molar-refractivity contribution in [3.8, 4) is 0 Å². The van der Waals surface area contributed by atoms with Crippen molar-refractivity contribution in [3.05, 3.63) is 52.5 Å². The molecule has 0 aliphatic heterocycles. The average Bonchev–Trinajstić information content (AvgIpc) is 3.06. The molecule has 21 heavy (non-hydrogen) atoms. The summed E-state index contributed by atoms with van der Waals surface area (Å²) >= 11 is 6.82. The molecule has 3 aromatic rings. The topological polar surface area (TPSA) is 62.0 Å². The molecule has 4 nitrogen and oxygen atoms in total. The first kappa shape index (κ1) is 14.6. The maximum atomic E-state index is 12.1. The van der Waals surface area contributed by atoms with Gasteiger partial charge in [0.15, 0.2) is 0 Å². The van der Waals surface area contributed by atoms with Crippen LogP contribution in [0.3, 0.4) is 0 Å². The Morgan fingerprint density at radius 1 is 1.19 bits per heavy atom. The molecule has 0 saturated heterocycles. The molecule has 0 bridgehead atoms. The number of hydrogen-bond donors (Lipinski definition) is 2. The van der Waals surface area contributed by atoms with Gasteiger partial charge in [0.25, 0.3) is 0 Å². The van der Waals surface area contributed by atoms with Gasteiger partial charge in [-0.1, -0.05) is 29.8 Å². The molecule has 0 amide bonds. The molecule has 2 aromatic heterocycles. The monoisotopic (exact) mass is 340 g/mol. The predicted molar refractivity (Wildman–Crippen MR) is 86.5 cm³/mol. The summed E-state index contributed by atoms with van der Waals surface area (Å²) in [7, 11) is -3.47. The minimum atomic E-state index is -3.47. The highest BCUT2D eigenvalue weighted by Crippen LogP contribution is 2.25. The van der Waals surface area contributed by atoms with Crippen LogP contribution in [-0.4, -0.2) is 19.9 Å². The van der Waals surface area contributed by atoms with Crippen molar-refractivity contribution < 1.29 is 8.42 Å². The van der Waals surface area contributed by atoms with Gasteiger partial charge in [-0.25, -0.2) is 13.1 Å². The molecule has 110 valence electrons. The van der Waals surface area contributed by atoms with E-state index >= 15 is 0 Å². The maximum Gasteiger partial charge on any atom is 0.250 e. The highest BCUT2D eigenvalue weighted by molar-refractivity contribution is 7.91. The van der Waals surface area contributed by atoms with Crippen molar-refractivity contribution in [2.45, 2.75) is 10.6 Å². The fourth-order valence-electron chi connectivity index (χ4n) is 2.17. The minimum Gasteiger partial charge on any atom is -0.361 e. The smallest absolute Gasteiger partial charge is 0.250 e. The normalized spacial score (nSPS) is 12.0. The Morgan fingerprint density at radius 3 is 2.76 bits per heavy atom. The molecule has 2 heterocycles. The van der Waals surface area contributed by atoms with E-state index in [1.807, 2.05) is 30.5 Å². The van der Waals surface area contributed by atoms with Crippen LogP contribution < -0.4 is 4.72 Å². The molecule has 1 aromatic carbocycles. The van der Waals surface area contributed by atoms with E-state index in [-0.39, 0.29) is 4.21 Å². The van der Waals surface area contributed by atoms with E-state index in [4.69, 9.17) is 11.6 Å². The van der Waals surface area contributed by atoms with Crippen LogP contribution in [0.25, 0.3) is 10.9 Å². The summed E-state index contributed by atoms with van der Waals surface area (Å²) in [5.41, 5.74) is 2.15. The lowest BCUT2D eigenvalue weighted by molar-refractivity contribution is 0.584. The number of fused-ring (bicyclic) bond motifs is 1. The SMILES string of the molecule is O=S(=O)(NCCc1c[nH]c2ccccc12)c1ccc(Cl)s1. The van der Waals surface area contributed by atoms with Gasteiger partial charge in [-0.05, 0) is 30.2 Å². The predicted octanol–water partition coefficient (Wildman–Crippen LogP) is 3.40. The van der Waals surface area contributed by atoms with Crippen molar-refractivity contribution >= 4 is 43.9 Å². The van der Waals surface area contributed by atoms with Crippen LogP contribution in [0.4, 0.5) is 0 Å². The van der Waals surface area contributed by atoms with E-state index in [1.54, 1.807) is 6.07 Å².